The molecule has 1 aliphatic heterocycles. The van der Waals surface area contributed by atoms with Crippen LogP contribution in [0, 0.1) is 0 Å². The maximum absolute atomic E-state index is 12.9. The molecule has 0 bridgehead atoms. The Bertz CT molecular complexity index is 989. The number of nitrogens with zero attached hydrogens (tertiary/aromatic N) is 2. The highest BCUT2D eigenvalue weighted by Gasteiger charge is 2.31. The zero-order valence-electron chi connectivity index (χ0n) is 17.5. The SMILES string of the molecule is Cn1c(=O)n(C2CCC(=O)NC2=O)c2cccc(CCCOCCCNC3CC3)c21. The summed E-state index contributed by atoms with van der Waals surface area (Å²) in [6, 6.07) is 5.90. The molecular formula is C22H30N4O4. The first-order valence-electron chi connectivity index (χ1n) is 10.9. The van der Waals surface area contributed by atoms with Gasteiger partial charge in [-0.15, -0.1) is 0 Å². The molecule has 1 aromatic carbocycles. The first kappa shape index (κ1) is 20.8. The van der Waals surface area contributed by atoms with Crippen LogP contribution in [-0.2, 0) is 27.8 Å². The van der Waals surface area contributed by atoms with Gasteiger partial charge in [0.25, 0.3) is 0 Å². The Kier molecular flexibility index (Phi) is 6.34. The van der Waals surface area contributed by atoms with Crippen molar-refractivity contribution in [2.45, 2.75) is 57.0 Å². The third-order valence-electron chi connectivity index (χ3n) is 5.92. The van der Waals surface area contributed by atoms with Crippen LogP contribution >= 0.6 is 0 Å². The van der Waals surface area contributed by atoms with Crippen molar-refractivity contribution in [1.82, 2.24) is 19.8 Å². The van der Waals surface area contributed by atoms with E-state index in [4.69, 9.17) is 4.74 Å². The fraction of sp³-hybridized carbons (Fsp3) is 0.591. The molecule has 4 rings (SSSR count). The number of fused-ring (bicyclic) bond motifs is 1. The van der Waals surface area contributed by atoms with Gasteiger partial charge in [0.05, 0.1) is 11.0 Å². The predicted molar refractivity (Wildman–Crippen MR) is 113 cm³/mol. The van der Waals surface area contributed by atoms with E-state index in [0.717, 1.165) is 55.1 Å². The monoisotopic (exact) mass is 414 g/mol. The summed E-state index contributed by atoms with van der Waals surface area (Å²) in [4.78, 5) is 36.7. The fourth-order valence-electron chi connectivity index (χ4n) is 4.19. The molecule has 1 atom stereocenters. The highest BCUT2D eigenvalue weighted by atomic mass is 16.5. The van der Waals surface area contributed by atoms with Gasteiger partial charge in [-0.05, 0) is 56.7 Å². The van der Waals surface area contributed by atoms with Gasteiger partial charge in [0.1, 0.15) is 6.04 Å². The molecule has 1 unspecified atom stereocenters. The van der Waals surface area contributed by atoms with Gasteiger partial charge in [-0.25, -0.2) is 4.79 Å². The van der Waals surface area contributed by atoms with E-state index in [0.29, 0.717) is 13.0 Å². The first-order chi connectivity index (χ1) is 14.6. The molecule has 2 amide bonds. The Morgan fingerprint density at radius 3 is 2.70 bits per heavy atom. The predicted octanol–water partition coefficient (Wildman–Crippen LogP) is 1.41. The van der Waals surface area contributed by atoms with Gasteiger partial charge in [-0.2, -0.15) is 0 Å². The Balaban J connectivity index is 1.40. The maximum atomic E-state index is 12.9. The molecule has 1 saturated heterocycles. The minimum atomic E-state index is -0.651. The Labute approximate surface area is 175 Å². The molecule has 162 valence electrons. The number of carbonyl (C=O) groups is 2. The minimum Gasteiger partial charge on any atom is -0.381 e. The van der Waals surface area contributed by atoms with Crippen molar-refractivity contribution in [3.8, 4) is 0 Å². The summed E-state index contributed by atoms with van der Waals surface area (Å²) in [6.07, 6.45) is 5.89. The van der Waals surface area contributed by atoms with Crippen molar-refractivity contribution in [3.63, 3.8) is 0 Å². The molecule has 2 heterocycles. The number of rotatable bonds is 10. The standard InChI is InChI=1S/C22H30N4O4/c1-25-20-15(6-3-13-30-14-4-12-23-16-8-9-16)5-2-7-17(20)26(22(25)29)18-10-11-19(27)24-21(18)28/h2,5,7,16,18,23H,3-4,6,8-14H2,1H3,(H,24,27,28). The number of aryl methyl sites for hydroxylation is 2. The molecule has 1 aromatic heterocycles. The van der Waals surface area contributed by atoms with Gasteiger partial charge in [0.2, 0.25) is 11.8 Å². The maximum Gasteiger partial charge on any atom is 0.329 e. The summed E-state index contributed by atoms with van der Waals surface area (Å²) < 4.78 is 8.89. The number of aromatic nitrogens is 2. The smallest absolute Gasteiger partial charge is 0.329 e. The van der Waals surface area contributed by atoms with E-state index in [1.54, 1.807) is 11.6 Å². The number of carbonyl (C=O) groups excluding carboxylic acids is 2. The number of hydrogen-bond acceptors (Lipinski definition) is 5. The summed E-state index contributed by atoms with van der Waals surface area (Å²) in [7, 11) is 1.74. The molecule has 2 aromatic rings. The number of benzene rings is 1. The van der Waals surface area contributed by atoms with Crippen LogP contribution in [-0.4, -0.2) is 46.7 Å². The van der Waals surface area contributed by atoms with Crippen LogP contribution in [0.25, 0.3) is 11.0 Å². The van der Waals surface area contributed by atoms with Crippen molar-refractivity contribution in [2.24, 2.45) is 7.05 Å². The van der Waals surface area contributed by atoms with Gasteiger partial charge < -0.3 is 10.1 Å². The van der Waals surface area contributed by atoms with Crippen LogP contribution < -0.4 is 16.3 Å². The molecule has 0 spiro atoms. The Morgan fingerprint density at radius 1 is 1.13 bits per heavy atom. The number of nitrogens with one attached hydrogen (secondary N) is 2. The lowest BCUT2D eigenvalue weighted by molar-refractivity contribution is -0.135. The molecule has 0 radical (unpaired) electrons. The van der Waals surface area contributed by atoms with Crippen LogP contribution in [0.1, 0.15) is 50.1 Å². The van der Waals surface area contributed by atoms with Gasteiger partial charge in [-0.1, -0.05) is 12.1 Å². The lowest BCUT2D eigenvalue weighted by Crippen LogP contribution is -2.44. The zero-order chi connectivity index (χ0) is 21.1. The molecule has 2 fully saturated rings. The van der Waals surface area contributed by atoms with Crippen LogP contribution in [0.5, 0.6) is 0 Å². The van der Waals surface area contributed by atoms with Gasteiger partial charge in [0, 0.05) is 32.7 Å². The molecule has 2 N–H and O–H groups in total. The van der Waals surface area contributed by atoms with E-state index in [-0.39, 0.29) is 18.0 Å². The van der Waals surface area contributed by atoms with Crippen LogP contribution in [0.2, 0.25) is 0 Å². The topological polar surface area (TPSA) is 94.4 Å². The normalized spacial score (nSPS) is 19.4. The summed E-state index contributed by atoms with van der Waals surface area (Å²) in [5.74, 6) is -0.690. The highest BCUT2D eigenvalue weighted by Crippen LogP contribution is 2.25. The van der Waals surface area contributed by atoms with Gasteiger partial charge >= 0.3 is 5.69 Å². The van der Waals surface area contributed by atoms with Crippen LogP contribution in [0.3, 0.4) is 0 Å². The zero-order valence-corrected chi connectivity index (χ0v) is 17.5. The first-order valence-corrected chi connectivity index (χ1v) is 10.9. The lowest BCUT2D eigenvalue weighted by atomic mass is 10.0. The number of ether oxygens (including phenoxy) is 1. The largest absolute Gasteiger partial charge is 0.381 e. The van der Waals surface area contributed by atoms with E-state index in [1.165, 1.54) is 17.4 Å². The van der Waals surface area contributed by atoms with E-state index < -0.39 is 11.9 Å². The van der Waals surface area contributed by atoms with Crippen LogP contribution in [0.15, 0.2) is 23.0 Å². The average molecular weight is 415 g/mol. The van der Waals surface area contributed by atoms with E-state index in [2.05, 4.69) is 10.6 Å². The van der Waals surface area contributed by atoms with Crippen molar-refractivity contribution < 1.29 is 14.3 Å². The van der Waals surface area contributed by atoms with Crippen molar-refractivity contribution >= 4 is 22.8 Å². The van der Waals surface area contributed by atoms with Crippen molar-refractivity contribution in [1.29, 1.82) is 0 Å². The van der Waals surface area contributed by atoms with Gasteiger partial charge in [-0.3, -0.25) is 24.0 Å². The Hall–Kier alpha value is -2.45. The number of imidazole rings is 1. The quantitative estimate of drug-likeness (QED) is 0.453. The van der Waals surface area contributed by atoms with E-state index in [1.807, 2.05) is 18.2 Å². The molecular weight excluding hydrogens is 384 g/mol. The summed E-state index contributed by atoms with van der Waals surface area (Å²) in [5, 5.41) is 5.83. The van der Waals surface area contributed by atoms with E-state index >= 15 is 0 Å². The molecule has 8 nitrogen and oxygen atoms in total. The summed E-state index contributed by atoms with van der Waals surface area (Å²) in [6.45, 7) is 2.45. The fourth-order valence-corrected chi connectivity index (χ4v) is 4.19. The van der Waals surface area contributed by atoms with Gasteiger partial charge in [0.15, 0.2) is 0 Å². The number of amides is 2. The number of imide groups is 1. The molecule has 1 aliphatic carbocycles. The molecule has 1 saturated carbocycles. The number of para-hydroxylation sites is 1. The third kappa shape index (κ3) is 4.49. The number of hydrogen-bond donors (Lipinski definition) is 2. The van der Waals surface area contributed by atoms with Crippen molar-refractivity contribution in [2.75, 3.05) is 19.8 Å². The molecule has 2 aliphatic rings. The van der Waals surface area contributed by atoms with Crippen LogP contribution in [0.4, 0.5) is 0 Å². The molecule has 8 heteroatoms. The summed E-state index contributed by atoms with van der Waals surface area (Å²) >= 11 is 0. The third-order valence-corrected chi connectivity index (χ3v) is 5.92. The second-order valence-corrected chi connectivity index (χ2v) is 8.26. The highest BCUT2D eigenvalue weighted by molar-refractivity contribution is 6.00. The Morgan fingerprint density at radius 2 is 1.93 bits per heavy atom. The summed E-state index contributed by atoms with van der Waals surface area (Å²) in [5.41, 5.74) is 2.42. The second kappa shape index (κ2) is 9.14. The van der Waals surface area contributed by atoms with E-state index in [9.17, 15) is 14.4 Å². The van der Waals surface area contributed by atoms with Crippen molar-refractivity contribution in [3.05, 3.63) is 34.2 Å². The average Bonchev–Trinajstić information content (AvgIpc) is 3.51. The second-order valence-electron chi connectivity index (χ2n) is 8.26. The lowest BCUT2D eigenvalue weighted by Gasteiger charge is -2.21. The minimum absolute atomic E-state index is 0.230. The molecule has 30 heavy (non-hydrogen) atoms. The number of piperidine rings is 1.